The third-order valence-electron chi connectivity index (χ3n) is 2.16. The normalized spacial score (nSPS) is 10.5. The van der Waals surface area contributed by atoms with E-state index < -0.39 is 0 Å². The van der Waals surface area contributed by atoms with E-state index in [1.165, 1.54) is 12.1 Å². The van der Waals surface area contributed by atoms with Crippen molar-refractivity contribution < 1.29 is 8.81 Å². The molecule has 0 fully saturated rings. The van der Waals surface area contributed by atoms with E-state index in [1.807, 2.05) is 13.0 Å². The molecule has 1 heterocycles. The van der Waals surface area contributed by atoms with Crippen LogP contribution in [0.25, 0.3) is 0 Å². The topological polar surface area (TPSA) is 52.0 Å². The number of oxazole rings is 1. The van der Waals surface area contributed by atoms with Crippen LogP contribution in [0, 0.1) is 12.7 Å². The second-order valence-electron chi connectivity index (χ2n) is 3.37. The molecule has 0 spiro atoms. The molecule has 0 radical (unpaired) electrons. The van der Waals surface area contributed by atoms with Crippen molar-refractivity contribution in [2.24, 2.45) is 0 Å². The van der Waals surface area contributed by atoms with Gasteiger partial charge in [0.15, 0.2) is 0 Å². The van der Waals surface area contributed by atoms with Crippen molar-refractivity contribution in [3.8, 4) is 0 Å². The van der Waals surface area contributed by atoms with Crippen LogP contribution >= 0.6 is 0 Å². The van der Waals surface area contributed by atoms with Crippen LogP contribution in [0.4, 0.5) is 10.4 Å². The zero-order chi connectivity index (χ0) is 10.8. The first kappa shape index (κ1) is 9.71. The summed E-state index contributed by atoms with van der Waals surface area (Å²) >= 11 is 0. The average molecular weight is 206 g/mol. The van der Waals surface area contributed by atoms with Gasteiger partial charge in [-0.1, -0.05) is 12.1 Å². The number of nitrogens with two attached hydrogens (primary N) is 1. The molecule has 0 bridgehead atoms. The maximum Gasteiger partial charge on any atom is 0.292 e. The molecule has 0 aliphatic rings. The highest BCUT2D eigenvalue weighted by molar-refractivity contribution is 5.26. The maximum absolute atomic E-state index is 12.9. The third-order valence-corrected chi connectivity index (χ3v) is 2.16. The van der Waals surface area contributed by atoms with Gasteiger partial charge >= 0.3 is 0 Å². The number of hydrogen-bond donors (Lipinski definition) is 1. The van der Waals surface area contributed by atoms with Crippen molar-refractivity contribution in [2.45, 2.75) is 13.3 Å². The van der Waals surface area contributed by atoms with Crippen molar-refractivity contribution in [1.29, 1.82) is 0 Å². The molecule has 3 nitrogen and oxygen atoms in total. The summed E-state index contributed by atoms with van der Waals surface area (Å²) in [5.41, 5.74) is 7.00. The maximum atomic E-state index is 12.9. The monoisotopic (exact) mass is 206 g/mol. The highest BCUT2D eigenvalue weighted by Gasteiger charge is 2.08. The lowest BCUT2D eigenvalue weighted by molar-refractivity contribution is 0.531. The number of aryl methyl sites for hydroxylation is 1. The van der Waals surface area contributed by atoms with Crippen LogP contribution in [0.15, 0.2) is 28.7 Å². The van der Waals surface area contributed by atoms with Crippen LogP contribution in [0.1, 0.15) is 17.0 Å². The van der Waals surface area contributed by atoms with Gasteiger partial charge in [0.2, 0.25) is 0 Å². The summed E-state index contributed by atoms with van der Waals surface area (Å²) in [6, 6.07) is 6.53. The molecule has 0 unspecified atom stereocenters. The smallest absolute Gasteiger partial charge is 0.292 e. The van der Waals surface area contributed by atoms with Crippen LogP contribution in [-0.4, -0.2) is 4.98 Å². The standard InChI is InChI=1S/C11H11FN2O/c1-7-10(15-11(13)14-7)6-8-3-2-4-9(12)5-8/h2-5H,6H2,1H3,(H2,13,14). The highest BCUT2D eigenvalue weighted by Crippen LogP contribution is 2.16. The van der Waals surface area contributed by atoms with Crippen molar-refractivity contribution >= 4 is 6.01 Å². The highest BCUT2D eigenvalue weighted by atomic mass is 19.1. The largest absolute Gasteiger partial charge is 0.428 e. The Balaban J connectivity index is 2.25. The molecule has 0 aliphatic carbocycles. The second kappa shape index (κ2) is 3.73. The molecule has 2 N–H and O–H groups in total. The SMILES string of the molecule is Cc1nc(N)oc1Cc1cccc(F)c1. The Morgan fingerprint density at radius 3 is 2.87 bits per heavy atom. The fourth-order valence-corrected chi connectivity index (χ4v) is 1.45. The van der Waals surface area contributed by atoms with Crippen LogP contribution in [0.2, 0.25) is 0 Å². The number of nitrogen functional groups attached to an aromatic ring is 1. The van der Waals surface area contributed by atoms with Crippen LogP contribution < -0.4 is 5.73 Å². The third kappa shape index (κ3) is 2.15. The van der Waals surface area contributed by atoms with Crippen LogP contribution in [0.5, 0.6) is 0 Å². The Kier molecular flexibility index (Phi) is 2.41. The predicted octanol–water partition coefficient (Wildman–Crippen LogP) is 2.30. The first-order valence-electron chi connectivity index (χ1n) is 4.61. The fourth-order valence-electron chi connectivity index (χ4n) is 1.45. The molecule has 1 aromatic heterocycles. The zero-order valence-corrected chi connectivity index (χ0v) is 8.33. The summed E-state index contributed by atoms with van der Waals surface area (Å²) in [7, 11) is 0. The molecule has 4 heteroatoms. The molecule has 0 saturated carbocycles. The molecule has 1 aromatic carbocycles. The first-order chi connectivity index (χ1) is 7.15. The zero-order valence-electron chi connectivity index (χ0n) is 8.33. The lowest BCUT2D eigenvalue weighted by Gasteiger charge is -1.98. The summed E-state index contributed by atoms with van der Waals surface area (Å²) in [6.07, 6.45) is 0.508. The Hall–Kier alpha value is -1.84. The van der Waals surface area contributed by atoms with E-state index >= 15 is 0 Å². The van der Waals surface area contributed by atoms with E-state index in [0.717, 1.165) is 11.3 Å². The number of halogens is 1. The predicted molar refractivity (Wildman–Crippen MR) is 54.9 cm³/mol. The average Bonchev–Trinajstić information content (AvgIpc) is 2.45. The number of benzene rings is 1. The summed E-state index contributed by atoms with van der Waals surface area (Å²) in [5.74, 6) is 0.427. The lowest BCUT2D eigenvalue weighted by Crippen LogP contribution is -1.89. The lowest BCUT2D eigenvalue weighted by atomic mass is 10.1. The molecular weight excluding hydrogens is 195 g/mol. The van der Waals surface area contributed by atoms with Gasteiger partial charge in [-0.05, 0) is 24.6 Å². The Morgan fingerprint density at radius 2 is 2.27 bits per heavy atom. The molecular formula is C11H11FN2O. The molecule has 78 valence electrons. The summed E-state index contributed by atoms with van der Waals surface area (Å²) in [6.45, 7) is 1.81. The molecule has 15 heavy (non-hydrogen) atoms. The van der Waals surface area contributed by atoms with Gasteiger partial charge in [0.1, 0.15) is 11.6 Å². The minimum atomic E-state index is -0.252. The molecule has 0 amide bonds. The fraction of sp³-hybridized carbons (Fsp3) is 0.182. The molecule has 2 rings (SSSR count). The Morgan fingerprint density at radius 1 is 1.47 bits per heavy atom. The van der Waals surface area contributed by atoms with Crippen molar-refractivity contribution in [3.05, 3.63) is 47.1 Å². The van der Waals surface area contributed by atoms with Gasteiger partial charge in [0.25, 0.3) is 6.01 Å². The van der Waals surface area contributed by atoms with Gasteiger partial charge in [-0.25, -0.2) is 4.39 Å². The quantitative estimate of drug-likeness (QED) is 0.820. The second-order valence-corrected chi connectivity index (χ2v) is 3.37. The summed E-state index contributed by atoms with van der Waals surface area (Å²) in [5, 5.41) is 0. The van der Waals surface area contributed by atoms with Gasteiger partial charge in [-0.3, -0.25) is 0 Å². The van der Waals surface area contributed by atoms with E-state index in [2.05, 4.69) is 4.98 Å². The van der Waals surface area contributed by atoms with Gasteiger partial charge in [-0.2, -0.15) is 4.98 Å². The first-order valence-corrected chi connectivity index (χ1v) is 4.61. The van der Waals surface area contributed by atoms with Crippen molar-refractivity contribution in [2.75, 3.05) is 5.73 Å². The Bertz CT molecular complexity index is 479. The van der Waals surface area contributed by atoms with Gasteiger partial charge in [0, 0.05) is 6.42 Å². The van der Waals surface area contributed by atoms with E-state index in [0.29, 0.717) is 12.2 Å². The Labute approximate surface area is 86.7 Å². The van der Waals surface area contributed by atoms with Crippen LogP contribution in [-0.2, 0) is 6.42 Å². The number of nitrogens with zero attached hydrogens (tertiary/aromatic N) is 1. The number of rotatable bonds is 2. The van der Waals surface area contributed by atoms with E-state index in [4.69, 9.17) is 10.2 Å². The molecule has 0 saturated heterocycles. The summed E-state index contributed by atoms with van der Waals surface area (Å²) < 4.78 is 18.1. The molecule has 0 atom stereocenters. The van der Waals surface area contributed by atoms with Crippen molar-refractivity contribution in [1.82, 2.24) is 4.98 Å². The van der Waals surface area contributed by atoms with E-state index in [-0.39, 0.29) is 11.8 Å². The van der Waals surface area contributed by atoms with E-state index in [1.54, 1.807) is 6.07 Å². The summed E-state index contributed by atoms with van der Waals surface area (Å²) in [4.78, 5) is 3.95. The van der Waals surface area contributed by atoms with E-state index in [9.17, 15) is 4.39 Å². The number of anilines is 1. The van der Waals surface area contributed by atoms with Crippen molar-refractivity contribution in [3.63, 3.8) is 0 Å². The number of hydrogen-bond acceptors (Lipinski definition) is 3. The van der Waals surface area contributed by atoms with Gasteiger partial charge in [-0.15, -0.1) is 0 Å². The number of aromatic nitrogens is 1. The van der Waals surface area contributed by atoms with Crippen LogP contribution in [0.3, 0.4) is 0 Å². The minimum Gasteiger partial charge on any atom is -0.428 e. The minimum absolute atomic E-state index is 0.152. The van der Waals surface area contributed by atoms with Gasteiger partial charge in [0.05, 0.1) is 5.69 Å². The van der Waals surface area contributed by atoms with Gasteiger partial charge < -0.3 is 10.2 Å². The molecule has 0 aliphatic heterocycles. The molecule has 2 aromatic rings.